The van der Waals surface area contributed by atoms with Crippen LogP contribution in [0.15, 0.2) is 72.8 Å². The molecule has 0 amide bonds. The molecule has 1 aromatic heterocycles. The summed E-state index contributed by atoms with van der Waals surface area (Å²) in [4.78, 5) is 5.19. The summed E-state index contributed by atoms with van der Waals surface area (Å²) in [5, 5.41) is 5.21. The van der Waals surface area contributed by atoms with Gasteiger partial charge in [-0.1, -0.05) is 61.2 Å². The molecule has 176 valence electrons. The van der Waals surface area contributed by atoms with E-state index >= 15 is 0 Å². The SMILES string of the molecule is COc1cc(C)c(-c2cc(-c3cc(C)c4ccccc4c3)nc3ccc([Si](C)(C)C)cc23)c(C)c1. The van der Waals surface area contributed by atoms with E-state index in [4.69, 9.17) is 9.72 Å². The van der Waals surface area contributed by atoms with Crippen LogP contribution in [0.4, 0.5) is 0 Å². The Morgan fingerprint density at radius 2 is 1.43 bits per heavy atom. The van der Waals surface area contributed by atoms with Gasteiger partial charge in [0.05, 0.1) is 26.4 Å². The molecule has 0 N–H and O–H groups in total. The second-order valence-electron chi connectivity index (χ2n) is 10.7. The second kappa shape index (κ2) is 8.65. The Morgan fingerprint density at radius 3 is 2.11 bits per heavy atom. The van der Waals surface area contributed by atoms with Crippen LogP contribution in [0.1, 0.15) is 16.7 Å². The van der Waals surface area contributed by atoms with Gasteiger partial charge in [0.15, 0.2) is 0 Å². The van der Waals surface area contributed by atoms with Gasteiger partial charge in [-0.05, 0) is 95.8 Å². The smallest absolute Gasteiger partial charge is 0.119 e. The van der Waals surface area contributed by atoms with E-state index in [1.807, 2.05) is 0 Å². The molecule has 4 aromatic carbocycles. The first-order valence-corrected chi connectivity index (χ1v) is 15.8. The molecule has 0 saturated heterocycles. The highest BCUT2D eigenvalue weighted by molar-refractivity contribution is 6.88. The fourth-order valence-corrected chi connectivity index (χ4v) is 6.32. The van der Waals surface area contributed by atoms with Crippen LogP contribution in [-0.2, 0) is 0 Å². The van der Waals surface area contributed by atoms with Crippen LogP contribution in [0.5, 0.6) is 5.75 Å². The number of methoxy groups -OCH3 is 1. The lowest BCUT2D eigenvalue weighted by Crippen LogP contribution is -2.37. The highest BCUT2D eigenvalue weighted by Crippen LogP contribution is 2.38. The van der Waals surface area contributed by atoms with Crippen molar-refractivity contribution < 1.29 is 4.74 Å². The molecule has 0 bridgehead atoms. The number of hydrogen-bond donors (Lipinski definition) is 0. The molecule has 0 aliphatic carbocycles. The molecular weight excluding hydrogens is 442 g/mol. The van der Waals surface area contributed by atoms with Crippen LogP contribution in [-0.4, -0.2) is 20.2 Å². The molecule has 35 heavy (non-hydrogen) atoms. The van der Waals surface area contributed by atoms with Crippen LogP contribution in [0, 0.1) is 20.8 Å². The summed E-state index contributed by atoms with van der Waals surface area (Å²) >= 11 is 0. The predicted molar refractivity (Wildman–Crippen MR) is 154 cm³/mol. The molecule has 0 atom stereocenters. The van der Waals surface area contributed by atoms with Gasteiger partial charge in [0.25, 0.3) is 0 Å². The largest absolute Gasteiger partial charge is 0.497 e. The van der Waals surface area contributed by atoms with E-state index in [-0.39, 0.29) is 0 Å². The number of aromatic nitrogens is 1. The van der Waals surface area contributed by atoms with Gasteiger partial charge in [0.1, 0.15) is 5.75 Å². The van der Waals surface area contributed by atoms with Gasteiger partial charge in [-0.2, -0.15) is 0 Å². The molecule has 0 aliphatic heterocycles. The molecule has 0 aliphatic rings. The summed E-state index contributed by atoms with van der Waals surface area (Å²) in [7, 11) is 0.253. The Morgan fingerprint density at radius 1 is 0.714 bits per heavy atom. The van der Waals surface area contributed by atoms with Crippen LogP contribution in [0.2, 0.25) is 19.6 Å². The fourth-order valence-electron chi connectivity index (χ4n) is 5.16. The zero-order chi connectivity index (χ0) is 24.9. The van der Waals surface area contributed by atoms with E-state index in [1.165, 1.54) is 49.2 Å². The normalized spacial score (nSPS) is 11.9. The van der Waals surface area contributed by atoms with E-state index in [0.29, 0.717) is 0 Å². The van der Waals surface area contributed by atoms with Crippen molar-refractivity contribution in [2.75, 3.05) is 7.11 Å². The summed E-state index contributed by atoms with van der Waals surface area (Å²) in [6.45, 7) is 13.7. The number of benzene rings is 4. The quantitative estimate of drug-likeness (QED) is 0.244. The van der Waals surface area contributed by atoms with E-state index < -0.39 is 8.07 Å². The van der Waals surface area contributed by atoms with Gasteiger partial charge in [0.2, 0.25) is 0 Å². The topological polar surface area (TPSA) is 22.1 Å². The lowest BCUT2D eigenvalue weighted by molar-refractivity contribution is 0.414. The van der Waals surface area contributed by atoms with Crippen molar-refractivity contribution in [3.63, 3.8) is 0 Å². The Labute approximate surface area is 209 Å². The number of aryl methyl sites for hydroxylation is 3. The zero-order valence-corrected chi connectivity index (χ0v) is 22.8. The van der Waals surface area contributed by atoms with Gasteiger partial charge in [-0.3, -0.25) is 0 Å². The standard InChI is InChI=1S/C32H33NOSi/c1-20-14-24(17-23-10-8-9-11-27(20)23)31-19-29(32-21(2)15-25(34-4)16-22(32)3)28-18-26(35(5,6)7)12-13-30(28)33-31/h8-19H,1-7H3. The molecule has 2 nitrogen and oxygen atoms in total. The summed E-state index contributed by atoms with van der Waals surface area (Å²) in [6.07, 6.45) is 0. The maximum Gasteiger partial charge on any atom is 0.119 e. The average Bonchev–Trinajstić information content (AvgIpc) is 2.82. The Bertz CT molecular complexity index is 1570. The predicted octanol–water partition coefficient (Wildman–Crippen LogP) is 8.20. The van der Waals surface area contributed by atoms with Gasteiger partial charge in [-0.25, -0.2) is 4.98 Å². The van der Waals surface area contributed by atoms with Crippen molar-refractivity contribution in [3.05, 3.63) is 89.5 Å². The number of rotatable bonds is 4. The van der Waals surface area contributed by atoms with E-state index in [0.717, 1.165) is 22.5 Å². The van der Waals surface area contributed by atoms with Gasteiger partial charge in [-0.15, -0.1) is 0 Å². The van der Waals surface area contributed by atoms with Gasteiger partial charge >= 0.3 is 0 Å². The number of pyridine rings is 1. The minimum Gasteiger partial charge on any atom is -0.497 e. The second-order valence-corrected chi connectivity index (χ2v) is 15.8. The maximum atomic E-state index is 5.56. The number of fused-ring (bicyclic) bond motifs is 2. The lowest BCUT2D eigenvalue weighted by Gasteiger charge is -2.20. The summed E-state index contributed by atoms with van der Waals surface area (Å²) in [5.74, 6) is 0.898. The summed E-state index contributed by atoms with van der Waals surface area (Å²) in [6, 6.07) is 26.6. The number of hydrogen-bond acceptors (Lipinski definition) is 2. The Balaban J connectivity index is 1.84. The monoisotopic (exact) mass is 475 g/mol. The third-order valence-corrected chi connectivity index (χ3v) is 9.09. The van der Waals surface area contributed by atoms with Crippen molar-refractivity contribution in [1.29, 1.82) is 0 Å². The average molecular weight is 476 g/mol. The lowest BCUT2D eigenvalue weighted by atomic mass is 9.91. The molecule has 0 radical (unpaired) electrons. The van der Waals surface area contributed by atoms with E-state index in [2.05, 4.69) is 113 Å². The zero-order valence-electron chi connectivity index (χ0n) is 21.8. The van der Waals surface area contributed by atoms with Gasteiger partial charge in [0, 0.05) is 10.9 Å². The minimum absolute atomic E-state index is 0.898. The van der Waals surface area contributed by atoms with Crippen molar-refractivity contribution in [3.8, 4) is 28.1 Å². The maximum absolute atomic E-state index is 5.56. The van der Waals surface area contributed by atoms with Crippen molar-refractivity contribution in [2.24, 2.45) is 0 Å². The van der Waals surface area contributed by atoms with Crippen molar-refractivity contribution in [1.82, 2.24) is 4.98 Å². The first-order valence-electron chi connectivity index (χ1n) is 12.3. The summed E-state index contributed by atoms with van der Waals surface area (Å²) < 4.78 is 5.56. The molecule has 0 fully saturated rings. The number of nitrogens with zero attached hydrogens (tertiary/aromatic N) is 1. The minimum atomic E-state index is -1.48. The third kappa shape index (κ3) is 4.25. The van der Waals surface area contributed by atoms with Crippen LogP contribution in [0.3, 0.4) is 0 Å². The molecule has 5 rings (SSSR count). The molecule has 3 heteroatoms. The first kappa shape index (κ1) is 23.3. The molecular formula is C32H33NOSi. The van der Waals surface area contributed by atoms with Crippen molar-refractivity contribution >= 4 is 34.9 Å². The molecule has 0 unspecified atom stereocenters. The van der Waals surface area contributed by atoms with Crippen LogP contribution in [0.25, 0.3) is 44.1 Å². The Hall–Kier alpha value is -3.43. The van der Waals surface area contributed by atoms with Gasteiger partial charge < -0.3 is 4.74 Å². The highest BCUT2D eigenvalue weighted by atomic mass is 28.3. The molecule has 0 spiro atoms. The van der Waals surface area contributed by atoms with E-state index in [9.17, 15) is 0 Å². The molecule has 0 saturated carbocycles. The summed E-state index contributed by atoms with van der Waals surface area (Å²) in [5.41, 5.74) is 9.42. The molecule has 5 aromatic rings. The molecule has 1 heterocycles. The number of ether oxygens (including phenoxy) is 1. The van der Waals surface area contributed by atoms with Crippen LogP contribution >= 0.6 is 0 Å². The van der Waals surface area contributed by atoms with Crippen LogP contribution < -0.4 is 9.92 Å². The third-order valence-electron chi connectivity index (χ3n) is 7.05. The first-order chi connectivity index (χ1) is 16.7. The van der Waals surface area contributed by atoms with Crippen molar-refractivity contribution in [2.45, 2.75) is 40.4 Å². The highest BCUT2D eigenvalue weighted by Gasteiger charge is 2.20. The fraction of sp³-hybridized carbons (Fsp3) is 0.219. The van der Waals surface area contributed by atoms with E-state index in [1.54, 1.807) is 7.11 Å². The Kier molecular flexibility index (Phi) is 5.77.